The molecule has 1 saturated heterocycles. The van der Waals surface area contributed by atoms with Crippen molar-refractivity contribution in [2.45, 2.75) is 38.6 Å². The van der Waals surface area contributed by atoms with Crippen LogP contribution in [-0.2, 0) is 23.1 Å². The van der Waals surface area contributed by atoms with Gasteiger partial charge in [0.2, 0.25) is 11.8 Å². The van der Waals surface area contributed by atoms with Crippen LogP contribution < -0.4 is 5.32 Å². The van der Waals surface area contributed by atoms with Crippen LogP contribution in [0.1, 0.15) is 37.9 Å². The first kappa shape index (κ1) is 14.0. The zero-order valence-corrected chi connectivity index (χ0v) is 12.8. The van der Waals surface area contributed by atoms with E-state index in [1.165, 1.54) is 0 Å². The van der Waals surface area contributed by atoms with Crippen molar-refractivity contribution >= 4 is 35.2 Å². The topological polar surface area (TPSA) is 84.7 Å². The van der Waals surface area contributed by atoms with Gasteiger partial charge in [-0.15, -0.1) is 0 Å². The van der Waals surface area contributed by atoms with E-state index in [-0.39, 0.29) is 11.8 Å². The highest BCUT2D eigenvalue weighted by molar-refractivity contribution is 7.71. The maximum Gasteiger partial charge on any atom is 0.249 e. The van der Waals surface area contributed by atoms with Crippen molar-refractivity contribution in [2.24, 2.45) is 7.05 Å². The lowest BCUT2D eigenvalue weighted by molar-refractivity contribution is -0.135. The molecule has 0 aliphatic carbocycles. The third-order valence-electron chi connectivity index (χ3n) is 3.78. The van der Waals surface area contributed by atoms with E-state index in [9.17, 15) is 9.59 Å². The molecule has 2 aromatic heterocycles. The van der Waals surface area contributed by atoms with Crippen LogP contribution in [0.5, 0.6) is 0 Å². The first-order valence-electron chi connectivity index (χ1n) is 7.02. The van der Waals surface area contributed by atoms with Gasteiger partial charge in [-0.05, 0) is 25.1 Å². The number of amides is 2. The summed E-state index contributed by atoms with van der Waals surface area (Å²) in [5.41, 5.74) is 2.64. The third-order valence-corrected chi connectivity index (χ3v) is 4.08. The molecule has 8 heteroatoms. The molecule has 1 fully saturated rings. The van der Waals surface area contributed by atoms with E-state index in [0.29, 0.717) is 17.6 Å². The Morgan fingerprint density at radius 3 is 2.86 bits per heavy atom. The SMILES string of the molecule is CCCc1nn(C)c2c1[nH]c(=S)n2C1CCC(=O)NC1=O. The average Bonchev–Trinajstić information content (AvgIpc) is 2.89. The number of carbonyl (C=O) groups is 2. The number of aryl methyl sites for hydroxylation is 2. The number of nitrogens with one attached hydrogen (secondary N) is 2. The van der Waals surface area contributed by atoms with Crippen LogP contribution in [0.3, 0.4) is 0 Å². The van der Waals surface area contributed by atoms with E-state index in [1.807, 2.05) is 7.05 Å². The van der Waals surface area contributed by atoms with Gasteiger partial charge in [-0.25, -0.2) is 0 Å². The van der Waals surface area contributed by atoms with Gasteiger partial charge in [0.05, 0.1) is 5.69 Å². The van der Waals surface area contributed by atoms with Crippen LogP contribution in [0, 0.1) is 4.77 Å². The highest BCUT2D eigenvalue weighted by atomic mass is 32.1. The van der Waals surface area contributed by atoms with E-state index < -0.39 is 6.04 Å². The van der Waals surface area contributed by atoms with Gasteiger partial charge in [-0.2, -0.15) is 5.10 Å². The molecular weight excluding hydrogens is 290 g/mol. The maximum absolute atomic E-state index is 12.1. The van der Waals surface area contributed by atoms with Gasteiger partial charge in [0, 0.05) is 13.5 Å². The third kappa shape index (κ3) is 2.19. The lowest BCUT2D eigenvalue weighted by Gasteiger charge is -2.22. The van der Waals surface area contributed by atoms with Crippen molar-refractivity contribution in [3.63, 3.8) is 0 Å². The lowest BCUT2D eigenvalue weighted by Crippen LogP contribution is -2.41. The summed E-state index contributed by atoms with van der Waals surface area (Å²) in [6, 6.07) is -0.464. The van der Waals surface area contributed by atoms with E-state index in [1.54, 1.807) is 9.25 Å². The molecule has 2 N–H and O–H groups in total. The molecule has 0 aromatic carbocycles. The Morgan fingerprint density at radius 2 is 2.19 bits per heavy atom. The standard InChI is InChI=1S/C13H17N5O2S/c1-3-4-7-10-12(17(2)16-7)18(13(21)15-10)8-5-6-9(19)14-11(8)20/h8H,3-6H2,1-2H3,(H,15,21)(H,14,19,20). The van der Waals surface area contributed by atoms with Crippen molar-refractivity contribution < 1.29 is 9.59 Å². The summed E-state index contributed by atoms with van der Waals surface area (Å²) in [6.07, 6.45) is 2.61. The van der Waals surface area contributed by atoms with E-state index >= 15 is 0 Å². The number of imidazole rings is 1. The summed E-state index contributed by atoms with van der Waals surface area (Å²) < 4.78 is 4.01. The number of piperidine rings is 1. The normalized spacial score (nSPS) is 19.2. The molecule has 0 radical (unpaired) electrons. The second-order valence-corrected chi connectivity index (χ2v) is 5.67. The Morgan fingerprint density at radius 1 is 1.43 bits per heavy atom. The van der Waals surface area contributed by atoms with Crippen LogP contribution in [0.4, 0.5) is 0 Å². The summed E-state index contributed by atoms with van der Waals surface area (Å²) in [4.78, 5) is 26.6. The number of imide groups is 1. The van der Waals surface area contributed by atoms with Crippen LogP contribution >= 0.6 is 12.2 Å². The molecule has 112 valence electrons. The predicted octanol–water partition coefficient (Wildman–Crippen LogP) is 1.36. The quantitative estimate of drug-likeness (QED) is 0.662. The minimum atomic E-state index is -0.464. The second kappa shape index (κ2) is 5.10. The molecule has 1 unspecified atom stereocenters. The van der Waals surface area contributed by atoms with Crippen molar-refractivity contribution in [1.82, 2.24) is 24.6 Å². The summed E-state index contributed by atoms with van der Waals surface area (Å²) in [6.45, 7) is 2.09. The number of aromatic nitrogens is 4. The zero-order chi connectivity index (χ0) is 15.1. The summed E-state index contributed by atoms with van der Waals surface area (Å²) in [5.74, 6) is -0.535. The Labute approximate surface area is 126 Å². The Bertz CT molecular complexity index is 784. The second-order valence-electron chi connectivity index (χ2n) is 5.29. The molecule has 1 aliphatic heterocycles. The summed E-state index contributed by atoms with van der Waals surface area (Å²) >= 11 is 5.37. The Hall–Kier alpha value is -1.96. The van der Waals surface area contributed by atoms with Crippen LogP contribution in [0.2, 0.25) is 0 Å². The van der Waals surface area contributed by atoms with Crippen molar-refractivity contribution in [2.75, 3.05) is 0 Å². The molecule has 0 spiro atoms. The minimum absolute atomic E-state index is 0.230. The van der Waals surface area contributed by atoms with Gasteiger partial charge < -0.3 is 4.98 Å². The smallest absolute Gasteiger partial charge is 0.249 e. The molecule has 2 amide bonds. The summed E-state index contributed by atoms with van der Waals surface area (Å²) in [5, 5.41) is 6.87. The number of carbonyl (C=O) groups excluding carboxylic acids is 2. The average molecular weight is 307 g/mol. The van der Waals surface area contributed by atoms with E-state index in [0.717, 1.165) is 29.7 Å². The molecule has 2 aromatic rings. The van der Waals surface area contributed by atoms with Gasteiger partial charge in [0.1, 0.15) is 11.6 Å². The molecule has 3 rings (SSSR count). The number of hydrogen-bond donors (Lipinski definition) is 2. The van der Waals surface area contributed by atoms with Crippen LogP contribution in [0.25, 0.3) is 11.2 Å². The van der Waals surface area contributed by atoms with Gasteiger partial charge in [-0.3, -0.25) is 24.2 Å². The first-order valence-corrected chi connectivity index (χ1v) is 7.43. The van der Waals surface area contributed by atoms with Crippen LogP contribution in [-0.4, -0.2) is 31.1 Å². The molecule has 1 atom stereocenters. The highest BCUT2D eigenvalue weighted by Crippen LogP contribution is 2.26. The van der Waals surface area contributed by atoms with Gasteiger partial charge in [0.15, 0.2) is 10.4 Å². The Balaban J connectivity index is 2.14. The number of aromatic amines is 1. The number of nitrogens with zero attached hydrogens (tertiary/aromatic N) is 3. The molecule has 3 heterocycles. The fraction of sp³-hybridized carbons (Fsp3) is 0.538. The fourth-order valence-corrected chi connectivity index (χ4v) is 3.18. The van der Waals surface area contributed by atoms with E-state index in [4.69, 9.17) is 12.2 Å². The van der Waals surface area contributed by atoms with Crippen molar-refractivity contribution in [1.29, 1.82) is 0 Å². The highest BCUT2D eigenvalue weighted by Gasteiger charge is 2.31. The molecule has 21 heavy (non-hydrogen) atoms. The van der Waals surface area contributed by atoms with Gasteiger partial charge >= 0.3 is 0 Å². The van der Waals surface area contributed by atoms with Gasteiger partial charge in [0.25, 0.3) is 0 Å². The van der Waals surface area contributed by atoms with E-state index in [2.05, 4.69) is 22.3 Å². The predicted molar refractivity (Wildman–Crippen MR) is 79.3 cm³/mol. The zero-order valence-electron chi connectivity index (χ0n) is 12.0. The monoisotopic (exact) mass is 307 g/mol. The van der Waals surface area contributed by atoms with Crippen LogP contribution in [0.15, 0.2) is 0 Å². The van der Waals surface area contributed by atoms with Crippen molar-refractivity contribution in [3.05, 3.63) is 10.5 Å². The minimum Gasteiger partial charge on any atom is -0.328 e. The maximum atomic E-state index is 12.1. The fourth-order valence-electron chi connectivity index (χ4n) is 2.87. The molecule has 1 aliphatic rings. The number of fused-ring (bicyclic) bond motifs is 1. The lowest BCUT2D eigenvalue weighted by atomic mass is 10.1. The summed E-state index contributed by atoms with van der Waals surface area (Å²) in [7, 11) is 1.84. The molecule has 0 saturated carbocycles. The number of hydrogen-bond acceptors (Lipinski definition) is 4. The van der Waals surface area contributed by atoms with Crippen molar-refractivity contribution in [3.8, 4) is 0 Å². The molecular formula is C13H17N5O2S. The number of H-pyrrole nitrogens is 1. The number of rotatable bonds is 3. The largest absolute Gasteiger partial charge is 0.328 e. The first-order chi connectivity index (χ1) is 10.0. The Kier molecular flexibility index (Phi) is 3.40. The molecule has 7 nitrogen and oxygen atoms in total. The molecule has 0 bridgehead atoms. The van der Waals surface area contributed by atoms with Gasteiger partial charge in [-0.1, -0.05) is 13.3 Å².